The van der Waals surface area contributed by atoms with Gasteiger partial charge in [-0.1, -0.05) is 30.3 Å². The van der Waals surface area contributed by atoms with Gasteiger partial charge in [-0.3, -0.25) is 4.79 Å². The maximum absolute atomic E-state index is 13.0. The summed E-state index contributed by atoms with van der Waals surface area (Å²) >= 11 is 0. The van der Waals surface area contributed by atoms with E-state index in [1.807, 2.05) is 62.1 Å². The Hall–Kier alpha value is -3.02. The van der Waals surface area contributed by atoms with Crippen LogP contribution >= 0.6 is 0 Å². The minimum absolute atomic E-state index is 0.0282. The van der Waals surface area contributed by atoms with Crippen molar-refractivity contribution in [3.05, 3.63) is 64.7 Å². The predicted octanol–water partition coefficient (Wildman–Crippen LogP) is 3.88. The summed E-state index contributed by atoms with van der Waals surface area (Å²) in [5.74, 6) is 0.0282. The van der Waals surface area contributed by atoms with Gasteiger partial charge < -0.3 is 20.7 Å². The summed E-state index contributed by atoms with van der Waals surface area (Å²) in [6.45, 7) is 7.15. The molecule has 0 radical (unpaired) electrons. The van der Waals surface area contributed by atoms with Crippen LogP contribution in [0.1, 0.15) is 54.2 Å². The number of fused-ring (bicyclic) bond motifs is 1. The second-order valence-electron chi connectivity index (χ2n) is 8.42. The highest BCUT2D eigenvalue weighted by molar-refractivity contribution is 5.97. The average Bonchev–Trinajstić information content (AvgIpc) is 2.79. The number of anilines is 1. The van der Waals surface area contributed by atoms with Gasteiger partial charge >= 0.3 is 6.09 Å². The van der Waals surface area contributed by atoms with Gasteiger partial charge in [0.15, 0.2) is 0 Å². The van der Waals surface area contributed by atoms with Crippen LogP contribution in [0.2, 0.25) is 0 Å². The van der Waals surface area contributed by atoms with Crippen molar-refractivity contribution in [3.63, 3.8) is 0 Å². The number of hydrogen-bond acceptors (Lipinski definition) is 4. The van der Waals surface area contributed by atoms with Crippen LogP contribution in [0, 0.1) is 0 Å². The highest BCUT2D eigenvalue weighted by atomic mass is 16.6. The number of nitrogens with two attached hydrogens (primary N) is 1. The Bertz CT molecular complexity index is 885. The smallest absolute Gasteiger partial charge is 0.407 e. The molecule has 0 atom stereocenters. The molecular weight excluding hydrogens is 366 g/mol. The predicted molar refractivity (Wildman–Crippen MR) is 113 cm³/mol. The molecule has 3 N–H and O–H groups in total. The minimum Gasteiger partial charge on any atom is -0.444 e. The van der Waals surface area contributed by atoms with E-state index < -0.39 is 11.7 Å². The lowest BCUT2D eigenvalue weighted by Gasteiger charge is -2.21. The number of aryl methyl sites for hydroxylation is 1. The number of nitrogens with one attached hydrogen (secondary N) is 1. The molecule has 0 saturated carbocycles. The molecule has 6 heteroatoms. The zero-order valence-electron chi connectivity index (χ0n) is 17.3. The van der Waals surface area contributed by atoms with E-state index in [2.05, 4.69) is 5.32 Å². The molecular formula is C23H29N3O3. The molecule has 6 nitrogen and oxygen atoms in total. The summed E-state index contributed by atoms with van der Waals surface area (Å²) in [6, 6.07) is 13.5. The second-order valence-corrected chi connectivity index (χ2v) is 8.42. The van der Waals surface area contributed by atoms with Crippen LogP contribution in [0.4, 0.5) is 10.5 Å². The lowest BCUT2D eigenvalue weighted by Crippen LogP contribution is -2.32. The summed E-state index contributed by atoms with van der Waals surface area (Å²) in [5, 5.41) is 2.75. The summed E-state index contributed by atoms with van der Waals surface area (Å²) in [5.41, 5.74) is 9.77. The molecule has 3 rings (SSSR count). The lowest BCUT2D eigenvalue weighted by molar-refractivity contribution is 0.0523. The van der Waals surface area contributed by atoms with Gasteiger partial charge in [0.2, 0.25) is 0 Å². The molecule has 1 aliphatic heterocycles. The molecule has 0 aliphatic carbocycles. The third kappa shape index (κ3) is 5.73. The van der Waals surface area contributed by atoms with Gasteiger partial charge in [0.05, 0.1) is 0 Å². The number of nitrogen functional groups attached to an aromatic ring is 1. The molecule has 0 fully saturated rings. The first-order valence-corrected chi connectivity index (χ1v) is 9.93. The molecule has 1 heterocycles. The SMILES string of the molecule is CC(C)(C)OC(=O)NCc1ccc(CN2CCCc3ccc(N)cc3C2=O)cc1. The Kier molecular flexibility index (Phi) is 6.11. The standard InChI is InChI=1S/C23H29N3O3/c1-23(2,3)29-22(28)25-14-16-6-8-17(9-7-16)15-26-12-4-5-18-10-11-19(24)13-20(18)21(26)27/h6-11,13H,4-5,12,14-15,24H2,1-3H3,(H,25,28). The molecule has 154 valence electrons. The summed E-state index contributed by atoms with van der Waals surface area (Å²) in [7, 11) is 0. The second kappa shape index (κ2) is 8.55. The van der Waals surface area contributed by atoms with E-state index in [1.165, 1.54) is 0 Å². The molecule has 0 spiro atoms. The van der Waals surface area contributed by atoms with E-state index in [1.54, 1.807) is 6.07 Å². The fourth-order valence-electron chi connectivity index (χ4n) is 3.37. The van der Waals surface area contributed by atoms with Crippen LogP contribution in [0.3, 0.4) is 0 Å². The molecule has 0 aromatic heterocycles. The topological polar surface area (TPSA) is 84.7 Å². The van der Waals surface area contributed by atoms with Gasteiger partial charge in [-0.25, -0.2) is 4.79 Å². The van der Waals surface area contributed by atoms with Crippen molar-refractivity contribution in [2.45, 2.75) is 52.3 Å². The van der Waals surface area contributed by atoms with Crippen LogP contribution in [0.15, 0.2) is 42.5 Å². The van der Waals surface area contributed by atoms with E-state index >= 15 is 0 Å². The first-order valence-electron chi connectivity index (χ1n) is 9.93. The average molecular weight is 396 g/mol. The molecule has 2 amide bonds. The van der Waals surface area contributed by atoms with Crippen molar-refractivity contribution in [3.8, 4) is 0 Å². The van der Waals surface area contributed by atoms with Crippen molar-refractivity contribution in [2.75, 3.05) is 12.3 Å². The first kappa shape index (κ1) is 20.7. The third-order valence-corrected chi connectivity index (χ3v) is 4.76. The van der Waals surface area contributed by atoms with Crippen LogP contribution < -0.4 is 11.1 Å². The van der Waals surface area contributed by atoms with Crippen molar-refractivity contribution in [1.29, 1.82) is 0 Å². The highest BCUT2D eigenvalue weighted by Gasteiger charge is 2.22. The van der Waals surface area contributed by atoms with Crippen LogP contribution in [-0.4, -0.2) is 29.0 Å². The zero-order chi connectivity index (χ0) is 21.0. The quantitative estimate of drug-likeness (QED) is 0.770. The molecule has 0 saturated heterocycles. The summed E-state index contributed by atoms with van der Waals surface area (Å²) in [6.07, 6.45) is 1.38. The zero-order valence-corrected chi connectivity index (χ0v) is 17.3. The number of amides is 2. The Morgan fingerprint density at radius 2 is 1.83 bits per heavy atom. The molecule has 0 bridgehead atoms. The normalized spacial score (nSPS) is 14.2. The first-order chi connectivity index (χ1) is 13.7. The number of ether oxygens (including phenoxy) is 1. The lowest BCUT2D eigenvalue weighted by atomic mass is 10.0. The highest BCUT2D eigenvalue weighted by Crippen LogP contribution is 2.22. The summed E-state index contributed by atoms with van der Waals surface area (Å²) in [4.78, 5) is 26.6. The van der Waals surface area contributed by atoms with Gasteiger partial charge in [0.1, 0.15) is 5.60 Å². The van der Waals surface area contributed by atoms with Gasteiger partial charge in [-0.05, 0) is 62.4 Å². The molecule has 2 aromatic rings. The maximum atomic E-state index is 13.0. The minimum atomic E-state index is -0.517. The van der Waals surface area contributed by atoms with Crippen LogP contribution in [0.5, 0.6) is 0 Å². The molecule has 0 unspecified atom stereocenters. The van der Waals surface area contributed by atoms with E-state index in [4.69, 9.17) is 10.5 Å². The van der Waals surface area contributed by atoms with E-state index in [-0.39, 0.29) is 5.91 Å². The van der Waals surface area contributed by atoms with E-state index in [0.717, 1.165) is 36.1 Å². The van der Waals surface area contributed by atoms with Gasteiger partial charge in [-0.15, -0.1) is 0 Å². The third-order valence-electron chi connectivity index (χ3n) is 4.76. The number of alkyl carbamates (subject to hydrolysis) is 1. The maximum Gasteiger partial charge on any atom is 0.407 e. The van der Waals surface area contributed by atoms with Crippen molar-refractivity contribution >= 4 is 17.7 Å². The van der Waals surface area contributed by atoms with Crippen molar-refractivity contribution in [1.82, 2.24) is 10.2 Å². The summed E-state index contributed by atoms with van der Waals surface area (Å²) < 4.78 is 5.24. The molecule has 29 heavy (non-hydrogen) atoms. The Labute approximate surface area is 172 Å². The van der Waals surface area contributed by atoms with Crippen LogP contribution in [0.25, 0.3) is 0 Å². The van der Waals surface area contributed by atoms with E-state index in [0.29, 0.717) is 24.3 Å². The van der Waals surface area contributed by atoms with Gasteiger partial charge in [-0.2, -0.15) is 0 Å². The molecule has 1 aliphatic rings. The van der Waals surface area contributed by atoms with Crippen molar-refractivity contribution in [2.24, 2.45) is 0 Å². The van der Waals surface area contributed by atoms with E-state index in [9.17, 15) is 9.59 Å². The monoisotopic (exact) mass is 395 g/mol. The van der Waals surface area contributed by atoms with Crippen molar-refractivity contribution < 1.29 is 14.3 Å². The number of benzene rings is 2. The Balaban J connectivity index is 1.61. The number of rotatable bonds is 4. The fraction of sp³-hybridized carbons (Fsp3) is 0.391. The largest absolute Gasteiger partial charge is 0.444 e. The number of carbonyl (C=O) groups is 2. The van der Waals surface area contributed by atoms with Gasteiger partial charge in [0, 0.05) is 30.9 Å². The number of nitrogens with zero attached hydrogens (tertiary/aromatic N) is 1. The van der Waals surface area contributed by atoms with Gasteiger partial charge in [0.25, 0.3) is 5.91 Å². The fourth-order valence-corrected chi connectivity index (χ4v) is 3.37. The Morgan fingerprint density at radius 1 is 1.14 bits per heavy atom. The number of carbonyl (C=O) groups excluding carboxylic acids is 2. The number of hydrogen-bond donors (Lipinski definition) is 2. The molecule has 2 aromatic carbocycles. The van der Waals surface area contributed by atoms with Crippen LogP contribution in [-0.2, 0) is 24.2 Å². The Morgan fingerprint density at radius 3 is 2.52 bits per heavy atom.